The molecule has 2 heterocycles. The van der Waals surface area contributed by atoms with Crippen LogP contribution in [0.15, 0.2) is 42.5 Å². The molecular formula is C29H38N4O4. The Balaban J connectivity index is 1.13. The van der Waals surface area contributed by atoms with E-state index in [1.807, 2.05) is 23.3 Å². The number of para-hydroxylation sites is 1. The second kappa shape index (κ2) is 12.4. The zero-order chi connectivity index (χ0) is 25.5. The van der Waals surface area contributed by atoms with Gasteiger partial charge in [-0.15, -0.1) is 0 Å². The van der Waals surface area contributed by atoms with Gasteiger partial charge < -0.3 is 20.3 Å². The average molecular weight is 507 g/mol. The second-order valence-electron chi connectivity index (χ2n) is 10.1. The summed E-state index contributed by atoms with van der Waals surface area (Å²) in [5.74, 6) is 0.826. The molecule has 0 spiro atoms. The van der Waals surface area contributed by atoms with Crippen molar-refractivity contribution in [3.63, 3.8) is 0 Å². The summed E-state index contributed by atoms with van der Waals surface area (Å²) in [6.07, 6.45) is 7.07. The minimum atomic E-state index is 0.0122. The highest BCUT2D eigenvalue weighted by molar-refractivity contribution is 5.98. The average Bonchev–Trinajstić information content (AvgIpc) is 2.95. The van der Waals surface area contributed by atoms with E-state index in [-0.39, 0.29) is 17.7 Å². The SMILES string of the molecule is O=C1CCc2c(ccc(NC(=O)C3CCCCC3)c2OCCCON2CCN(c3ccccc3)CC2)N1. The number of carbonyl (C=O) groups excluding carboxylic acids is 2. The molecule has 198 valence electrons. The van der Waals surface area contributed by atoms with Crippen molar-refractivity contribution in [3.8, 4) is 5.75 Å². The summed E-state index contributed by atoms with van der Waals surface area (Å²) in [6, 6.07) is 14.2. The van der Waals surface area contributed by atoms with Crippen LogP contribution < -0.4 is 20.3 Å². The van der Waals surface area contributed by atoms with Crippen molar-refractivity contribution in [2.75, 3.05) is 54.9 Å². The van der Waals surface area contributed by atoms with Crippen LogP contribution in [0, 0.1) is 5.92 Å². The molecule has 8 heteroatoms. The Morgan fingerprint density at radius 1 is 0.946 bits per heavy atom. The lowest BCUT2D eigenvalue weighted by atomic mass is 9.88. The van der Waals surface area contributed by atoms with Gasteiger partial charge in [-0.2, -0.15) is 5.06 Å². The number of hydroxylamine groups is 2. The zero-order valence-corrected chi connectivity index (χ0v) is 21.5. The number of fused-ring (bicyclic) bond motifs is 1. The maximum absolute atomic E-state index is 12.9. The molecule has 37 heavy (non-hydrogen) atoms. The van der Waals surface area contributed by atoms with E-state index in [4.69, 9.17) is 9.57 Å². The topological polar surface area (TPSA) is 83.1 Å². The summed E-state index contributed by atoms with van der Waals surface area (Å²) in [5, 5.41) is 8.11. The Hall–Kier alpha value is -3.10. The number of carbonyl (C=O) groups is 2. The van der Waals surface area contributed by atoms with Gasteiger partial charge in [0, 0.05) is 61.9 Å². The van der Waals surface area contributed by atoms with Gasteiger partial charge in [-0.3, -0.25) is 14.4 Å². The maximum Gasteiger partial charge on any atom is 0.227 e. The molecule has 0 radical (unpaired) electrons. The van der Waals surface area contributed by atoms with Gasteiger partial charge in [0.05, 0.1) is 18.9 Å². The quantitative estimate of drug-likeness (QED) is 0.483. The third-order valence-corrected chi connectivity index (χ3v) is 7.54. The first-order chi connectivity index (χ1) is 18.2. The first-order valence-electron chi connectivity index (χ1n) is 13.7. The van der Waals surface area contributed by atoms with E-state index in [0.29, 0.717) is 37.5 Å². The number of piperazine rings is 1. The molecule has 2 aromatic carbocycles. The lowest BCUT2D eigenvalue weighted by Gasteiger charge is -2.35. The van der Waals surface area contributed by atoms with E-state index in [0.717, 1.165) is 69.5 Å². The number of ether oxygens (including phenoxy) is 1. The van der Waals surface area contributed by atoms with Crippen molar-refractivity contribution >= 4 is 28.9 Å². The van der Waals surface area contributed by atoms with Crippen LogP contribution in [0.2, 0.25) is 0 Å². The largest absolute Gasteiger partial charge is 0.491 e. The Morgan fingerprint density at radius 2 is 1.73 bits per heavy atom. The third kappa shape index (κ3) is 6.62. The number of rotatable bonds is 9. The van der Waals surface area contributed by atoms with E-state index < -0.39 is 0 Å². The molecule has 8 nitrogen and oxygen atoms in total. The van der Waals surface area contributed by atoms with Crippen molar-refractivity contribution in [1.29, 1.82) is 0 Å². The minimum Gasteiger partial charge on any atom is -0.491 e. The van der Waals surface area contributed by atoms with Crippen LogP contribution in [0.1, 0.15) is 50.5 Å². The monoisotopic (exact) mass is 506 g/mol. The molecule has 1 aliphatic carbocycles. The summed E-state index contributed by atoms with van der Waals surface area (Å²) in [6.45, 7) is 4.64. The van der Waals surface area contributed by atoms with Gasteiger partial charge in [-0.25, -0.2) is 0 Å². The molecule has 3 aliphatic rings. The lowest BCUT2D eigenvalue weighted by Crippen LogP contribution is -2.46. The molecule has 5 rings (SSSR count). The smallest absolute Gasteiger partial charge is 0.227 e. The Labute approximate surface area is 219 Å². The highest BCUT2D eigenvalue weighted by Crippen LogP contribution is 2.38. The Kier molecular flexibility index (Phi) is 8.58. The number of hydrogen-bond donors (Lipinski definition) is 2. The van der Waals surface area contributed by atoms with Crippen molar-refractivity contribution in [2.45, 2.75) is 51.4 Å². The van der Waals surface area contributed by atoms with Crippen molar-refractivity contribution in [1.82, 2.24) is 5.06 Å². The number of nitrogens with one attached hydrogen (secondary N) is 2. The van der Waals surface area contributed by atoms with Crippen LogP contribution >= 0.6 is 0 Å². The van der Waals surface area contributed by atoms with E-state index >= 15 is 0 Å². The van der Waals surface area contributed by atoms with Gasteiger partial charge in [0.2, 0.25) is 11.8 Å². The fourth-order valence-electron chi connectivity index (χ4n) is 5.45. The minimum absolute atomic E-state index is 0.0122. The van der Waals surface area contributed by atoms with Crippen LogP contribution in [0.3, 0.4) is 0 Å². The molecule has 2 N–H and O–H groups in total. The summed E-state index contributed by atoms with van der Waals surface area (Å²) >= 11 is 0. The predicted octanol–water partition coefficient (Wildman–Crippen LogP) is 4.61. The maximum atomic E-state index is 12.9. The van der Waals surface area contributed by atoms with Crippen molar-refractivity contribution < 1.29 is 19.2 Å². The van der Waals surface area contributed by atoms with Gasteiger partial charge >= 0.3 is 0 Å². The number of hydrogen-bond acceptors (Lipinski definition) is 6. The fourth-order valence-corrected chi connectivity index (χ4v) is 5.45. The predicted molar refractivity (Wildman–Crippen MR) is 145 cm³/mol. The molecule has 0 bridgehead atoms. The summed E-state index contributed by atoms with van der Waals surface area (Å²) < 4.78 is 6.25. The zero-order valence-electron chi connectivity index (χ0n) is 21.5. The van der Waals surface area contributed by atoms with Crippen molar-refractivity contribution in [2.24, 2.45) is 5.92 Å². The van der Waals surface area contributed by atoms with Gasteiger partial charge in [-0.05, 0) is 43.5 Å². The molecule has 2 fully saturated rings. The van der Waals surface area contributed by atoms with Crippen LogP contribution in [0.25, 0.3) is 0 Å². The molecule has 0 unspecified atom stereocenters. The number of anilines is 3. The van der Waals surface area contributed by atoms with Crippen molar-refractivity contribution in [3.05, 3.63) is 48.0 Å². The molecule has 0 aromatic heterocycles. The van der Waals surface area contributed by atoms with Gasteiger partial charge in [0.15, 0.2) is 0 Å². The van der Waals surface area contributed by atoms with E-state index in [1.54, 1.807) is 0 Å². The first-order valence-corrected chi connectivity index (χ1v) is 13.7. The number of amides is 2. The van der Waals surface area contributed by atoms with Crippen LogP contribution in [0.4, 0.5) is 17.1 Å². The van der Waals surface area contributed by atoms with E-state index in [9.17, 15) is 9.59 Å². The van der Waals surface area contributed by atoms with Gasteiger partial charge in [-0.1, -0.05) is 37.5 Å². The molecule has 1 saturated carbocycles. The highest BCUT2D eigenvalue weighted by atomic mass is 16.7. The molecule has 2 aliphatic heterocycles. The molecular weight excluding hydrogens is 468 g/mol. The first kappa shape index (κ1) is 25.5. The molecule has 2 amide bonds. The number of nitrogens with zero attached hydrogens (tertiary/aromatic N) is 2. The van der Waals surface area contributed by atoms with E-state index in [2.05, 4.69) is 39.8 Å². The number of benzene rings is 2. The molecule has 1 saturated heterocycles. The standard InChI is InChI=1S/C29H38N4O4/c34-27-15-12-24-25(30-27)13-14-26(31-29(35)22-8-3-1-4-9-22)28(24)36-20-7-21-37-33-18-16-32(17-19-33)23-10-5-2-6-11-23/h2,5-6,10-11,13-14,22H,1,3-4,7-9,12,15-21H2,(H,30,34)(H,31,35). The highest BCUT2D eigenvalue weighted by Gasteiger charge is 2.25. The van der Waals surface area contributed by atoms with Crippen LogP contribution in [-0.4, -0.2) is 56.3 Å². The van der Waals surface area contributed by atoms with Gasteiger partial charge in [0.1, 0.15) is 5.75 Å². The fraction of sp³-hybridized carbons (Fsp3) is 0.517. The van der Waals surface area contributed by atoms with E-state index in [1.165, 1.54) is 12.1 Å². The lowest BCUT2D eigenvalue weighted by molar-refractivity contribution is -0.163. The summed E-state index contributed by atoms with van der Waals surface area (Å²) in [7, 11) is 0. The normalized spacial score (nSPS) is 18.7. The second-order valence-corrected chi connectivity index (χ2v) is 10.1. The Bertz CT molecular complexity index is 1060. The van der Waals surface area contributed by atoms with Gasteiger partial charge in [0.25, 0.3) is 0 Å². The summed E-state index contributed by atoms with van der Waals surface area (Å²) in [4.78, 5) is 33.2. The van der Waals surface area contributed by atoms with Crippen LogP contribution in [-0.2, 0) is 20.8 Å². The third-order valence-electron chi connectivity index (χ3n) is 7.54. The Morgan fingerprint density at radius 3 is 2.51 bits per heavy atom. The van der Waals surface area contributed by atoms with Crippen LogP contribution in [0.5, 0.6) is 5.75 Å². The molecule has 2 aromatic rings. The summed E-state index contributed by atoms with van der Waals surface area (Å²) in [5.41, 5.74) is 3.68. The molecule has 0 atom stereocenters.